The number of dihydropyridines is 1. The molecule has 0 radical (unpaired) electrons. The van der Waals surface area contributed by atoms with Crippen molar-refractivity contribution in [3.05, 3.63) is 65.3 Å². The highest BCUT2D eigenvalue weighted by atomic mass is 19.1. The highest BCUT2D eigenvalue weighted by Gasteiger charge is 2.22. The van der Waals surface area contributed by atoms with Crippen LogP contribution in [-0.2, 0) is 6.54 Å². The number of anilines is 2. The van der Waals surface area contributed by atoms with Gasteiger partial charge >= 0.3 is 0 Å². The lowest BCUT2D eigenvalue weighted by Gasteiger charge is -2.16. The lowest BCUT2D eigenvalue weighted by atomic mass is 10.1. The number of carbonyl (C=O) groups is 1. The Bertz CT molecular complexity index is 1290. The predicted octanol–water partition coefficient (Wildman–Crippen LogP) is 2.37. The van der Waals surface area contributed by atoms with E-state index in [-0.39, 0.29) is 29.7 Å². The zero-order chi connectivity index (χ0) is 24.0. The number of hydrogen-bond donors (Lipinski definition) is 4. The monoisotopic (exact) mass is 449 g/mol. The van der Waals surface area contributed by atoms with E-state index in [1.807, 2.05) is 19.9 Å². The molecule has 0 aliphatic carbocycles. The van der Waals surface area contributed by atoms with Gasteiger partial charge in [0.15, 0.2) is 0 Å². The van der Waals surface area contributed by atoms with Crippen LogP contribution in [-0.4, -0.2) is 38.9 Å². The number of nitrogens with zero attached hydrogens (tertiary/aromatic N) is 5. The zero-order valence-corrected chi connectivity index (χ0v) is 18.5. The molecule has 1 aliphatic heterocycles. The summed E-state index contributed by atoms with van der Waals surface area (Å²) in [6.07, 6.45) is 3.92. The van der Waals surface area contributed by atoms with Crippen LogP contribution in [0.25, 0.3) is 11.2 Å². The number of pyridine rings is 1. The van der Waals surface area contributed by atoms with Crippen molar-refractivity contribution >= 4 is 28.8 Å². The Balaban J connectivity index is 0.00000149. The summed E-state index contributed by atoms with van der Waals surface area (Å²) in [7, 11) is 1.53. The molecule has 0 aromatic carbocycles. The number of nitrogen functional groups attached to an aromatic ring is 1. The summed E-state index contributed by atoms with van der Waals surface area (Å²) in [5.41, 5.74) is 8.47. The predicted molar refractivity (Wildman–Crippen MR) is 124 cm³/mol. The maximum Gasteiger partial charge on any atom is 0.268 e. The van der Waals surface area contributed by atoms with Crippen LogP contribution in [0.3, 0.4) is 0 Å². The van der Waals surface area contributed by atoms with Gasteiger partial charge in [-0.15, -0.1) is 0 Å². The number of nitrogens with one attached hydrogen (secondary N) is 3. The van der Waals surface area contributed by atoms with Gasteiger partial charge in [-0.25, -0.2) is 19.3 Å². The molecule has 3 aromatic rings. The van der Waals surface area contributed by atoms with Crippen molar-refractivity contribution in [2.45, 2.75) is 20.4 Å². The van der Waals surface area contributed by atoms with Crippen molar-refractivity contribution in [3.8, 4) is 6.07 Å². The Morgan fingerprint density at radius 1 is 1.36 bits per heavy atom. The van der Waals surface area contributed by atoms with Gasteiger partial charge < -0.3 is 21.7 Å². The summed E-state index contributed by atoms with van der Waals surface area (Å²) in [6, 6.07) is 7.11. The summed E-state index contributed by atoms with van der Waals surface area (Å²) < 4.78 is 15.7. The first-order valence-corrected chi connectivity index (χ1v) is 10.3. The molecule has 33 heavy (non-hydrogen) atoms. The lowest BCUT2D eigenvalue weighted by Crippen LogP contribution is -2.22. The van der Waals surface area contributed by atoms with Crippen molar-refractivity contribution < 1.29 is 9.18 Å². The molecule has 0 unspecified atom stereocenters. The highest BCUT2D eigenvalue weighted by Crippen LogP contribution is 2.27. The molecule has 4 heterocycles. The van der Waals surface area contributed by atoms with E-state index in [1.54, 1.807) is 22.6 Å². The first-order valence-electron chi connectivity index (χ1n) is 10.3. The fourth-order valence-corrected chi connectivity index (χ4v) is 3.38. The Hall–Kier alpha value is -4.46. The number of carbonyl (C=O) groups excluding carboxylic acids is 1. The second-order valence-corrected chi connectivity index (χ2v) is 6.62. The Morgan fingerprint density at radius 2 is 2.15 bits per heavy atom. The van der Waals surface area contributed by atoms with Gasteiger partial charge in [0.1, 0.15) is 46.8 Å². The van der Waals surface area contributed by atoms with E-state index in [1.165, 1.54) is 25.7 Å². The van der Waals surface area contributed by atoms with E-state index in [4.69, 9.17) is 5.73 Å². The van der Waals surface area contributed by atoms with E-state index in [0.717, 1.165) is 0 Å². The Labute approximate surface area is 190 Å². The Morgan fingerprint density at radius 3 is 2.85 bits per heavy atom. The largest absolute Gasteiger partial charge is 0.384 e. The molecule has 4 rings (SSSR count). The van der Waals surface area contributed by atoms with Gasteiger partial charge in [-0.2, -0.15) is 5.26 Å². The number of aromatic nitrogens is 4. The standard InChI is InChI=1S/C20H18FN9O.C2H6/c1-24-20(31)15-3-2-4-16-29-14(9-26-19-13(6-22)18(23)27-10-28-19)17(30(15)16)11-5-12(21)8-25-7-11;1-2/h2-5,8,10,25H,7,9H2,1H3,(H,24,31)(H3,23,26,27,28);1-2H3. The number of allylic oxidation sites excluding steroid dienone is 2. The van der Waals surface area contributed by atoms with Crippen LogP contribution >= 0.6 is 0 Å². The number of nitrogens with two attached hydrogens (primary N) is 1. The third kappa shape index (κ3) is 4.59. The number of hydrogen-bond acceptors (Lipinski definition) is 8. The lowest BCUT2D eigenvalue weighted by molar-refractivity contribution is 0.0957. The maximum atomic E-state index is 14.0. The van der Waals surface area contributed by atoms with E-state index in [0.29, 0.717) is 34.8 Å². The van der Waals surface area contributed by atoms with Gasteiger partial charge in [-0.3, -0.25) is 9.20 Å². The zero-order valence-electron chi connectivity index (χ0n) is 18.5. The van der Waals surface area contributed by atoms with Crippen LogP contribution in [0.2, 0.25) is 0 Å². The quantitative estimate of drug-likeness (QED) is 0.464. The molecule has 0 atom stereocenters. The fraction of sp³-hybridized carbons (Fsp3) is 0.227. The van der Waals surface area contributed by atoms with Gasteiger partial charge in [0, 0.05) is 25.4 Å². The van der Waals surface area contributed by atoms with Crippen LogP contribution in [0.4, 0.5) is 16.0 Å². The van der Waals surface area contributed by atoms with Crippen molar-refractivity contribution in [2.24, 2.45) is 0 Å². The van der Waals surface area contributed by atoms with Crippen molar-refractivity contribution in [1.82, 2.24) is 30.0 Å². The summed E-state index contributed by atoms with van der Waals surface area (Å²) in [6.45, 7) is 4.50. The minimum absolute atomic E-state index is 0.0588. The summed E-state index contributed by atoms with van der Waals surface area (Å²) in [5.74, 6) is -0.433. The van der Waals surface area contributed by atoms with Crippen LogP contribution < -0.4 is 21.7 Å². The van der Waals surface area contributed by atoms with Crippen LogP contribution in [0.1, 0.15) is 41.3 Å². The molecule has 0 saturated carbocycles. The van der Waals surface area contributed by atoms with E-state index >= 15 is 0 Å². The topological polar surface area (TPSA) is 146 Å². The SMILES string of the molecule is CC.CNC(=O)c1cccc2nc(CNc3ncnc(N)c3C#N)c(C3=CC(F)=CNC3)n12. The van der Waals surface area contributed by atoms with Crippen molar-refractivity contribution in [2.75, 3.05) is 24.6 Å². The number of fused-ring (bicyclic) bond motifs is 1. The van der Waals surface area contributed by atoms with Crippen LogP contribution in [0, 0.1) is 11.3 Å². The first kappa shape index (κ1) is 23.2. The molecular weight excluding hydrogens is 425 g/mol. The van der Waals surface area contributed by atoms with Gasteiger partial charge in [-0.1, -0.05) is 19.9 Å². The molecule has 0 bridgehead atoms. The van der Waals surface area contributed by atoms with E-state index < -0.39 is 5.83 Å². The number of imidazole rings is 1. The van der Waals surface area contributed by atoms with E-state index in [2.05, 4.69) is 30.9 Å². The third-order valence-corrected chi connectivity index (χ3v) is 4.74. The highest BCUT2D eigenvalue weighted by molar-refractivity contribution is 5.94. The maximum absolute atomic E-state index is 14.0. The molecule has 1 amide bonds. The summed E-state index contributed by atoms with van der Waals surface area (Å²) in [5, 5.41) is 17.9. The number of halogens is 1. The first-order chi connectivity index (χ1) is 16.0. The summed E-state index contributed by atoms with van der Waals surface area (Å²) in [4.78, 5) is 25.0. The second-order valence-electron chi connectivity index (χ2n) is 6.62. The van der Waals surface area contributed by atoms with Crippen LogP contribution in [0.5, 0.6) is 0 Å². The van der Waals surface area contributed by atoms with Gasteiger partial charge in [-0.05, 0) is 18.2 Å². The minimum atomic E-state index is -0.442. The van der Waals surface area contributed by atoms with Crippen LogP contribution in [0.15, 0.2) is 42.6 Å². The second kappa shape index (κ2) is 10.2. The van der Waals surface area contributed by atoms with Gasteiger partial charge in [0.2, 0.25) is 0 Å². The van der Waals surface area contributed by atoms with E-state index in [9.17, 15) is 14.4 Å². The van der Waals surface area contributed by atoms with Crippen molar-refractivity contribution in [3.63, 3.8) is 0 Å². The average molecular weight is 449 g/mol. The van der Waals surface area contributed by atoms with Gasteiger partial charge in [0.25, 0.3) is 5.91 Å². The molecule has 170 valence electrons. The molecule has 0 spiro atoms. The molecule has 0 fully saturated rings. The molecule has 5 N–H and O–H groups in total. The molecule has 10 nitrogen and oxygen atoms in total. The minimum Gasteiger partial charge on any atom is -0.384 e. The van der Waals surface area contributed by atoms with Crippen molar-refractivity contribution in [1.29, 1.82) is 5.26 Å². The smallest absolute Gasteiger partial charge is 0.268 e. The number of amides is 1. The molecule has 1 aliphatic rings. The third-order valence-electron chi connectivity index (χ3n) is 4.74. The molecule has 0 saturated heterocycles. The molecule has 11 heteroatoms. The summed E-state index contributed by atoms with van der Waals surface area (Å²) >= 11 is 0. The van der Waals surface area contributed by atoms with Gasteiger partial charge in [0.05, 0.1) is 17.9 Å². The number of rotatable bonds is 5. The number of nitriles is 1. The fourth-order valence-electron chi connectivity index (χ4n) is 3.38. The normalized spacial score (nSPS) is 12.5. The average Bonchev–Trinajstić information content (AvgIpc) is 3.22. The molecular formula is C22H24FN9O. The molecule has 3 aromatic heterocycles. The Kier molecular flexibility index (Phi) is 7.20.